The maximum Gasteiger partial charge on any atom is 0.308 e. The minimum absolute atomic E-state index is 0.294. The van der Waals surface area contributed by atoms with Crippen LogP contribution in [0.4, 0.5) is 0 Å². The second-order valence-corrected chi connectivity index (χ2v) is 4.06. The van der Waals surface area contributed by atoms with Gasteiger partial charge in [0.05, 0.1) is 7.11 Å². The Bertz CT molecular complexity index is 393. The Balaban J connectivity index is 2.39. The van der Waals surface area contributed by atoms with Gasteiger partial charge in [-0.25, -0.2) is 0 Å². The van der Waals surface area contributed by atoms with Crippen LogP contribution < -0.4 is 9.47 Å². The van der Waals surface area contributed by atoms with Crippen LogP contribution in [-0.2, 0) is 17.6 Å². The van der Waals surface area contributed by atoms with Crippen LogP contribution in [0.1, 0.15) is 30.9 Å². The second-order valence-electron chi connectivity index (χ2n) is 4.06. The first-order chi connectivity index (χ1) is 7.70. The number of carbonyl (C=O) groups is 1. The molecule has 0 saturated carbocycles. The zero-order valence-corrected chi connectivity index (χ0v) is 9.71. The van der Waals surface area contributed by atoms with E-state index in [1.54, 1.807) is 13.2 Å². The molecule has 16 heavy (non-hydrogen) atoms. The number of benzene rings is 1. The predicted octanol–water partition coefficient (Wildman–Crippen LogP) is 2.50. The van der Waals surface area contributed by atoms with E-state index in [0.29, 0.717) is 5.75 Å². The summed E-state index contributed by atoms with van der Waals surface area (Å²) in [7, 11) is 1.65. The first-order valence-corrected chi connectivity index (χ1v) is 5.59. The van der Waals surface area contributed by atoms with E-state index in [4.69, 9.17) is 9.47 Å². The average molecular weight is 220 g/mol. The van der Waals surface area contributed by atoms with Gasteiger partial charge in [0.15, 0.2) is 0 Å². The van der Waals surface area contributed by atoms with E-state index in [-0.39, 0.29) is 5.97 Å². The Kier molecular flexibility index (Phi) is 3.13. The van der Waals surface area contributed by atoms with Crippen LogP contribution in [0.3, 0.4) is 0 Å². The number of hydrogen-bond acceptors (Lipinski definition) is 3. The molecule has 0 atom stereocenters. The van der Waals surface area contributed by atoms with E-state index in [1.165, 1.54) is 30.9 Å². The molecule has 0 amide bonds. The Morgan fingerprint density at radius 1 is 1.25 bits per heavy atom. The van der Waals surface area contributed by atoms with Gasteiger partial charge in [-0.1, -0.05) is 0 Å². The van der Waals surface area contributed by atoms with Gasteiger partial charge in [0.25, 0.3) is 0 Å². The molecular formula is C13H16O3. The Morgan fingerprint density at radius 2 is 2.00 bits per heavy atom. The number of ether oxygens (including phenoxy) is 2. The normalized spacial score (nSPS) is 14.1. The van der Waals surface area contributed by atoms with Crippen molar-refractivity contribution in [2.45, 2.75) is 32.6 Å². The molecule has 0 fully saturated rings. The van der Waals surface area contributed by atoms with Gasteiger partial charge in [0.1, 0.15) is 11.5 Å². The van der Waals surface area contributed by atoms with Crippen molar-refractivity contribution in [2.24, 2.45) is 0 Å². The topological polar surface area (TPSA) is 35.5 Å². The summed E-state index contributed by atoms with van der Waals surface area (Å²) < 4.78 is 10.4. The van der Waals surface area contributed by atoms with Crippen molar-refractivity contribution in [3.8, 4) is 11.5 Å². The fraction of sp³-hybridized carbons (Fsp3) is 0.462. The van der Waals surface area contributed by atoms with Gasteiger partial charge in [-0.3, -0.25) is 4.79 Å². The van der Waals surface area contributed by atoms with Crippen molar-refractivity contribution in [3.63, 3.8) is 0 Å². The van der Waals surface area contributed by atoms with Crippen LogP contribution >= 0.6 is 0 Å². The van der Waals surface area contributed by atoms with Gasteiger partial charge < -0.3 is 9.47 Å². The molecule has 3 nitrogen and oxygen atoms in total. The highest BCUT2D eigenvalue weighted by Gasteiger charge is 2.16. The van der Waals surface area contributed by atoms with Gasteiger partial charge in [0.2, 0.25) is 0 Å². The SMILES string of the molecule is COc1cc(OC(C)=O)cc2c1CCCC2. The fourth-order valence-corrected chi connectivity index (χ4v) is 2.21. The first-order valence-electron chi connectivity index (χ1n) is 5.59. The molecule has 0 bridgehead atoms. The molecule has 2 rings (SSSR count). The molecule has 0 radical (unpaired) electrons. The van der Waals surface area contributed by atoms with Crippen LogP contribution in [0.25, 0.3) is 0 Å². The summed E-state index contributed by atoms with van der Waals surface area (Å²) in [4.78, 5) is 10.9. The summed E-state index contributed by atoms with van der Waals surface area (Å²) in [5.74, 6) is 1.14. The first kappa shape index (κ1) is 11.0. The molecule has 0 heterocycles. The Morgan fingerprint density at radius 3 is 2.69 bits per heavy atom. The number of aryl methyl sites for hydroxylation is 1. The molecule has 0 N–H and O–H groups in total. The fourth-order valence-electron chi connectivity index (χ4n) is 2.21. The highest BCUT2D eigenvalue weighted by Crippen LogP contribution is 2.33. The maximum absolute atomic E-state index is 10.9. The summed E-state index contributed by atoms with van der Waals surface area (Å²) in [6.07, 6.45) is 4.50. The second kappa shape index (κ2) is 4.56. The lowest BCUT2D eigenvalue weighted by Crippen LogP contribution is -2.07. The molecule has 0 unspecified atom stereocenters. The van der Waals surface area contributed by atoms with Crippen LogP contribution in [0.15, 0.2) is 12.1 Å². The quantitative estimate of drug-likeness (QED) is 0.567. The van der Waals surface area contributed by atoms with Crippen LogP contribution in [-0.4, -0.2) is 13.1 Å². The van der Waals surface area contributed by atoms with Crippen molar-refractivity contribution in [1.82, 2.24) is 0 Å². The lowest BCUT2D eigenvalue weighted by molar-refractivity contribution is -0.131. The Hall–Kier alpha value is -1.51. The molecule has 3 heteroatoms. The summed E-state index contributed by atoms with van der Waals surface area (Å²) in [5, 5.41) is 0. The third kappa shape index (κ3) is 2.18. The van der Waals surface area contributed by atoms with E-state index >= 15 is 0 Å². The number of rotatable bonds is 2. The van der Waals surface area contributed by atoms with Gasteiger partial charge >= 0.3 is 5.97 Å². The largest absolute Gasteiger partial charge is 0.496 e. The van der Waals surface area contributed by atoms with Crippen LogP contribution in [0.2, 0.25) is 0 Å². The number of methoxy groups -OCH3 is 1. The predicted molar refractivity (Wildman–Crippen MR) is 60.9 cm³/mol. The molecule has 86 valence electrons. The molecule has 1 aromatic carbocycles. The summed E-state index contributed by atoms with van der Waals surface area (Å²) in [5.41, 5.74) is 2.52. The van der Waals surface area contributed by atoms with Gasteiger partial charge in [-0.15, -0.1) is 0 Å². The van der Waals surface area contributed by atoms with E-state index in [9.17, 15) is 4.79 Å². The molecule has 0 saturated heterocycles. The molecule has 0 spiro atoms. The van der Waals surface area contributed by atoms with E-state index < -0.39 is 0 Å². The van der Waals surface area contributed by atoms with Crippen molar-refractivity contribution < 1.29 is 14.3 Å². The number of hydrogen-bond donors (Lipinski definition) is 0. The molecule has 0 aromatic heterocycles. The standard InChI is InChI=1S/C13H16O3/c1-9(14)16-11-7-10-5-3-4-6-12(10)13(8-11)15-2/h7-8H,3-6H2,1-2H3. The lowest BCUT2D eigenvalue weighted by Gasteiger charge is -2.19. The smallest absolute Gasteiger partial charge is 0.308 e. The molecule has 1 aromatic rings. The molecule has 1 aliphatic carbocycles. The Labute approximate surface area is 95.4 Å². The van der Waals surface area contributed by atoms with Crippen molar-refractivity contribution in [2.75, 3.05) is 7.11 Å². The summed E-state index contributed by atoms with van der Waals surface area (Å²) in [6, 6.07) is 3.75. The van der Waals surface area contributed by atoms with Gasteiger partial charge in [-0.2, -0.15) is 0 Å². The highest BCUT2D eigenvalue weighted by molar-refractivity contribution is 5.69. The molecule has 0 aliphatic heterocycles. The zero-order chi connectivity index (χ0) is 11.5. The number of carbonyl (C=O) groups excluding carboxylic acids is 1. The third-order valence-corrected chi connectivity index (χ3v) is 2.88. The summed E-state index contributed by atoms with van der Waals surface area (Å²) >= 11 is 0. The average Bonchev–Trinajstić information content (AvgIpc) is 2.27. The van der Waals surface area contributed by atoms with Crippen LogP contribution in [0.5, 0.6) is 11.5 Å². The van der Waals surface area contributed by atoms with Gasteiger partial charge in [-0.05, 0) is 42.9 Å². The minimum atomic E-state index is -0.294. The van der Waals surface area contributed by atoms with E-state index in [2.05, 4.69) is 0 Å². The van der Waals surface area contributed by atoms with Gasteiger partial charge in [0, 0.05) is 13.0 Å². The van der Waals surface area contributed by atoms with Crippen molar-refractivity contribution in [3.05, 3.63) is 23.3 Å². The van der Waals surface area contributed by atoms with E-state index in [1.807, 2.05) is 6.07 Å². The lowest BCUT2D eigenvalue weighted by atomic mass is 9.91. The molecule has 1 aliphatic rings. The zero-order valence-electron chi connectivity index (χ0n) is 9.71. The van der Waals surface area contributed by atoms with E-state index in [0.717, 1.165) is 18.6 Å². The highest BCUT2D eigenvalue weighted by atomic mass is 16.5. The monoisotopic (exact) mass is 220 g/mol. The van der Waals surface area contributed by atoms with Crippen molar-refractivity contribution in [1.29, 1.82) is 0 Å². The number of esters is 1. The molecular weight excluding hydrogens is 204 g/mol. The maximum atomic E-state index is 10.9. The summed E-state index contributed by atoms with van der Waals surface area (Å²) in [6.45, 7) is 1.41. The number of fused-ring (bicyclic) bond motifs is 1. The van der Waals surface area contributed by atoms with Crippen LogP contribution in [0, 0.1) is 0 Å². The minimum Gasteiger partial charge on any atom is -0.496 e. The third-order valence-electron chi connectivity index (χ3n) is 2.88. The van der Waals surface area contributed by atoms with Crippen molar-refractivity contribution >= 4 is 5.97 Å².